The lowest BCUT2D eigenvalue weighted by Gasteiger charge is -2.22. The predicted octanol–water partition coefficient (Wildman–Crippen LogP) is 1.08. The molecule has 66 valence electrons. The van der Waals surface area contributed by atoms with E-state index in [4.69, 9.17) is 4.74 Å². The first-order chi connectivity index (χ1) is 5.74. The molecule has 0 aromatic heterocycles. The lowest BCUT2D eigenvalue weighted by molar-refractivity contribution is -0.147. The quantitative estimate of drug-likeness (QED) is 0.352. The van der Waals surface area contributed by atoms with Crippen LogP contribution in [-0.2, 0) is 14.3 Å². The van der Waals surface area contributed by atoms with Crippen LogP contribution < -0.4 is 0 Å². The van der Waals surface area contributed by atoms with Crippen LogP contribution >= 0.6 is 0 Å². The normalized spacial score (nSPS) is 28.1. The van der Waals surface area contributed by atoms with E-state index in [0.717, 1.165) is 19.1 Å². The van der Waals surface area contributed by atoms with Crippen LogP contribution in [0.2, 0.25) is 0 Å². The molecule has 0 fully saturated rings. The van der Waals surface area contributed by atoms with E-state index in [-0.39, 0.29) is 18.0 Å². The van der Waals surface area contributed by atoms with Crippen molar-refractivity contribution >= 4 is 12.3 Å². The molecule has 0 saturated heterocycles. The monoisotopic (exact) mass is 168 g/mol. The summed E-state index contributed by atoms with van der Waals surface area (Å²) in [5, 5.41) is 0. The topological polar surface area (TPSA) is 43.4 Å². The zero-order valence-corrected chi connectivity index (χ0v) is 7.03. The summed E-state index contributed by atoms with van der Waals surface area (Å²) in [6.45, 7) is 1.35. The number of aldehydes is 1. The van der Waals surface area contributed by atoms with Crippen molar-refractivity contribution in [1.29, 1.82) is 0 Å². The van der Waals surface area contributed by atoms with Crippen molar-refractivity contribution in [2.24, 2.45) is 5.92 Å². The second-order valence-electron chi connectivity index (χ2n) is 2.88. The fourth-order valence-corrected chi connectivity index (χ4v) is 1.29. The molecule has 3 nitrogen and oxygen atoms in total. The maximum Gasteiger partial charge on any atom is 0.303 e. The molecule has 0 amide bonds. The van der Waals surface area contributed by atoms with Gasteiger partial charge in [-0.2, -0.15) is 0 Å². The molecule has 0 heterocycles. The van der Waals surface area contributed by atoms with E-state index in [9.17, 15) is 9.59 Å². The van der Waals surface area contributed by atoms with Gasteiger partial charge in [-0.15, -0.1) is 0 Å². The number of esters is 1. The van der Waals surface area contributed by atoms with E-state index < -0.39 is 0 Å². The van der Waals surface area contributed by atoms with Gasteiger partial charge >= 0.3 is 5.97 Å². The molecule has 0 aromatic carbocycles. The minimum Gasteiger partial charge on any atom is -0.458 e. The number of allylic oxidation sites excluding steroid dienone is 1. The van der Waals surface area contributed by atoms with Crippen molar-refractivity contribution in [2.75, 3.05) is 0 Å². The van der Waals surface area contributed by atoms with Crippen LogP contribution in [0.3, 0.4) is 0 Å². The third-order valence-corrected chi connectivity index (χ3v) is 1.89. The van der Waals surface area contributed by atoms with Crippen LogP contribution in [0.1, 0.15) is 19.8 Å². The van der Waals surface area contributed by atoms with Crippen molar-refractivity contribution in [3.8, 4) is 0 Å². The van der Waals surface area contributed by atoms with Crippen molar-refractivity contribution in [3.05, 3.63) is 12.2 Å². The zero-order chi connectivity index (χ0) is 8.97. The summed E-state index contributed by atoms with van der Waals surface area (Å²) >= 11 is 0. The van der Waals surface area contributed by atoms with Gasteiger partial charge in [-0.05, 0) is 18.9 Å². The van der Waals surface area contributed by atoms with Crippen LogP contribution in [0.5, 0.6) is 0 Å². The molecule has 0 N–H and O–H groups in total. The van der Waals surface area contributed by atoms with E-state index in [0.29, 0.717) is 0 Å². The Bertz CT molecular complexity index is 208. The van der Waals surface area contributed by atoms with Crippen LogP contribution in [0, 0.1) is 5.92 Å². The SMILES string of the molecule is CC(=O)O[C@@H]1C=CCC[C@H]1C=O. The minimum absolute atomic E-state index is 0.154. The van der Waals surface area contributed by atoms with E-state index >= 15 is 0 Å². The van der Waals surface area contributed by atoms with E-state index in [1.54, 1.807) is 6.08 Å². The summed E-state index contributed by atoms with van der Waals surface area (Å²) in [6, 6.07) is 0. The summed E-state index contributed by atoms with van der Waals surface area (Å²) < 4.78 is 4.94. The molecule has 1 aliphatic carbocycles. The number of carbonyl (C=O) groups is 2. The first-order valence-corrected chi connectivity index (χ1v) is 4.03. The lowest BCUT2D eigenvalue weighted by atomic mass is 9.93. The summed E-state index contributed by atoms with van der Waals surface area (Å²) in [6.07, 6.45) is 5.90. The smallest absolute Gasteiger partial charge is 0.303 e. The van der Waals surface area contributed by atoms with Gasteiger partial charge in [0.25, 0.3) is 0 Å². The van der Waals surface area contributed by atoms with Gasteiger partial charge in [-0.3, -0.25) is 4.79 Å². The maximum absolute atomic E-state index is 10.6. The van der Waals surface area contributed by atoms with Crippen molar-refractivity contribution in [3.63, 3.8) is 0 Å². The van der Waals surface area contributed by atoms with E-state index in [1.807, 2.05) is 6.08 Å². The first-order valence-electron chi connectivity index (χ1n) is 4.03. The van der Waals surface area contributed by atoms with Gasteiger partial charge in [-0.1, -0.05) is 6.08 Å². The first kappa shape index (κ1) is 8.97. The molecular formula is C9H12O3. The van der Waals surface area contributed by atoms with Gasteiger partial charge < -0.3 is 9.53 Å². The molecule has 0 saturated carbocycles. The molecule has 1 rings (SSSR count). The average Bonchev–Trinajstić information content (AvgIpc) is 2.04. The summed E-state index contributed by atoms with van der Waals surface area (Å²) in [5.74, 6) is -0.489. The molecule has 0 aromatic rings. The number of ether oxygens (including phenoxy) is 1. The Balaban J connectivity index is 2.57. The third-order valence-electron chi connectivity index (χ3n) is 1.89. The lowest BCUT2D eigenvalue weighted by Crippen LogP contribution is -2.27. The molecule has 1 aliphatic rings. The molecule has 0 unspecified atom stereocenters. The highest BCUT2D eigenvalue weighted by atomic mass is 16.5. The van der Waals surface area contributed by atoms with Crippen LogP contribution in [0.4, 0.5) is 0 Å². The summed E-state index contributed by atoms with van der Waals surface area (Å²) in [4.78, 5) is 21.1. The van der Waals surface area contributed by atoms with Crippen molar-refractivity contribution in [2.45, 2.75) is 25.9 Å². The van der Waals surface area contributed by atoms with Crippen LogP contribution in [-0.4, -0.2) is 18.4 Å². The molecule has 12 heavy (non-hydrogen) atoms. The Labute approximate surface area is 71.4 Å². The summed E-state index contributed by atoms with van der Waals surface area (Å²) in [5.41, 5.74) is 0. The number of hydrogen-bond donors (Lipinski definition) is 0. The maximum atomic E-state index is 10.6. The Hall–Kier alpha value is -1.12. The average molecular weight is 168 g/mol. The Morgan fingerprint density at radius 3 is 3.00 bits per heavy atom. The van der Waals surface area contributed by atoms with Gasteiger partial charge in [0.2, 0.25) is 0 Å². The Morgan fingerprint density at radius 1 is 1.67 bits per heavy atom. The molecule has 0 bridgehead atoms. The third kappa shape index (κ3) is 2.19. The molecule has 3 heteroatoms. The zero-order valence-electron chi connectivity index (χ0n) is 7.03. The molecular weight excluding hydrogens is 156 g/mol. The largest absolute Gasteiger partial charge is 0.458 e. The molecule has 0 radical (unpaired) electrons. The van der Waals surface area contributed by atoms with Crippen molar-refractivity contribution in [1.82, 2.24) is 0 Å². The van der Waals surface area contributed by atoms with E-state index in [2.05, 4.69) is 0 Å². The highest BCUT2D eigenvalue weighted by molar-refractivity contribution is 5.67. The fourth-order valence-electron chi connectivity index (χ4n) is 1.29. The van der Waals surface area contributed by atoms with E-state index in [1.165, 1.54) is 6.92 Å². The van der Waals surface area contributed by atoms with Gasteiger partial charge in [-0.25, -0.2) is 0 Å². The van der Waals surface area contributed by atoms with Gasteiger partial charge in [0, 0.05) is 6.92 Å². The van der Waals surface area contributed by atoms with Crippen LogP contribution in [0.15, 0.2) is 12.2 Å². The minimum atomic E-state index is -0.339. The number of carbonyl (C=O) groups excluding carboxylic acids is 2. The Kier molecular flexibility index (Phi) is 3.02. The van der Waals surface area contributed by atoms with Gasteiger partial charge in [0.1, 0.15) is 12.4 Å². The van der Waals surface area contributed by atoms with Crippen molar-refractivity contribution < 1.29 is 14.3 Å². The predicted molar refractivity (Wildman–Crippen MR) is 43.5 cm³/mol. The fraction of sp³-hybridized carbons (Fsp3) is 0.556. The second kappa shape index (κ2) is 4.04. The second-order valence-corrected chi connectivity index (χ2v) is 2.88. The standard InChI is InChI=1S/C9H12O3/c1-7(11)12-9-5-3-2-4-8(9)6-10/h3,5-6,8-9H,2,4H2,1H3/t8-,9+/m0/s1. The molecule has 2 atom stereocenters. The highest BCUT2D eigenvalue weighted by Gasteiger charge is 2.23. The summed E-state index contributed by atoms with van der Waals surface area (Å²) in [7, 11) is 0. The number of rotatable bonds is 2. The Morgan fingerprint density at radius 2 is 2.42 bits per heavy atom. The number of hydrogen-bond acceptors (Lipinski definition) is 3. The van der Waals surface area contributed by atoms with Crippen LogP contribution in [0.25, 0.3) is 0 Å². The molecule has 0 aliphatic heterocycles. The van der Waals surface area contributed by atoms with Gasteiger partial charge in [0.05, 0.1) is 5.92 Å². The highest BCUT2D eigenvalue weighted by Crippen LogP contribution is 2.19. The molecule has 0 spiro atoms. The van der Waals surface area contributed by atoms with Gasteiger partial charge in [0.15, 0.2) is 0 Å².